The molecule has 0 unspecified atom stereocenters. The van der Waals surface area contributed by atoms with E-state index in [2.05, 4.69) is 9.88 Å². The second kappa shape index (κ2) is 5.03. The summed E-state index contributed by atoms with van der Waals surface area (Å²) >= 11 is 0. The van der Waals surface area contributed by atoms with Gasteiger partial charge < -0.3 is 19.5 Å². The molecule has 3 rings (SSSR count). The molecule has 1 aromatic heterocycles. The molecule has 0 atom stereocenters. The molecule has 1 N–H and O–H groups in total. The number of aromatic nitrogens is 1. The topological polar surface area (TPSA) is 71.9 Å². The van der Waals surface area contributed by atoms with E-state index >= 15 is 0 Å². The van der Waals surface area contributed by atoms with Crippen LogP contribution < -0.4 is 4.90 Å². The standard InChI is InChI=1S/C14H18N2O4/c1-10-8-11(13(17)18)9-12(15-10)16-4-2-14(3-5-16)19-6-7-20-14/h8-9H,2-7H2,1H3,(H,17,18). The van der Waals surface area contributed by atoms with Crippen LogP contribution in [-0.2, 0) is 9.47 Å². The summed E-state index contributed by atoms with van der Waals surface area (Å²) in [7, 11) is 0. The summed E-state index contributed by atoms with van der Waals surface area (Å²) in [6, 6.07) is 3.21. The fourth-order valence-electron chi connectivity index (χ4n) is 2.80. The third-order valence-electron chi connectivity index (χ3n) is 3.85. The van der Waals surface area contributed by atoms with Crippen molar-refractivity contribution in [3.8, 4) is 0 Å². The minimum atomic E-state index is -0.923. The molecule has 0 bridgehead atoms. The Morgan fingerprint density at radius 2 is 1.95 bits per heavy atom. The molecule has 2 aliphatic heterocycles. The Kier molecular flexibility index (Phi) is 3.35. The normalized spacial score (nSPS) is 21.4. The Hall–Kier alpha value is -1.66. The van der Waals surface area contributed by atoms with Gasteiger partial charge >= 0.3 is 5.97 Å². The number of aryl methyl sites for hydroxylation is 1. The predicted octanol–water partition coefficient (Wildman–Crippen LogP) is 1.43. The highest BCUT2D eigenvalue weighted by Crippen LogP contribution is 2.32. The lowest BCUT2D eigenvalue weighted by atomic mass is 10.0. The number of piperidine rings is 1. The lowest BCUT2D eigenvalue weighted by molar-refractivity contribution is -0.169. The van der Waals surface area contributed by atoms with Gasteiger partial charge in [0.05, 0.1) is 18.8 Å². The Morgan fingerprint density at radius 1 is 1.30 bits per heavy atom. The van der Waals surface area contributed by atoms with Gasteiger partial charge in [0, 0.05) is 31.6 Å². The fraction of sp³-hybridized carbons (Fsp3) is 0.571. The van der Waals surface area contributed by atoms with Crippen molar-refractivity contribution in [2.75, 3.05) is 31.2 Å². The zero-order chi connectivity index (χ0) is 14.2. The number of carboxylic acid groups (broad SMARTS) is 1. The molecule has 0 aliphatic carbocycles. The minimum Gasteiger partial charge on any atom is -0.478 e. The summed E-state index contributed by atoms with van der Waals surface area (Å²) in [5.74, 6) is -0.626. The number of ether oxygens (including phenoxy) is 2. The molecular formula is C14H18N2O4. The van der Waals surface area contributed by atoms with Gasteiger partial charge in [0.15, 0.2) is 5.79 Å². The Labute approximate surface area is 117 Å². The van der Waals surface area contributed by atoms with Crippen molar-refractivity contribution >= 4 is 11.8 Å². The Bertz CT molecular complexity index is 516. The maximum atomic E-state index is 11.1. The van der Waals surface area contributed by atoms with Crippen molar-refractivity contribution in [3.05, 3.63) is 23.4 Å². The lowest BCUT2D eigenvalue weighted by Crippen LogP contribution is -2.45. The summed E-state index contributed by atoms with van der Waals surface area (Å²) in [5.41, 5.74) is 0.995. The number of pyridine rings is 1. The number of rotatable bonds is 2. The van der Waals surface area contributed by atoms with Crippen LogP contribution in [0, 0.1) is 6.92 Å². The second-order valence-corrected chi connectivity index (χ2v) is 5.26. The molecule has 0 saturated carbocycles. The van der Waals surface area contributed by atoms with E-state index in [0.717, 1.165) is 31.7 Å². The Balaban J connectivity index is 1.76. The van der Waals surface area contributed by atoms with Gasteiger partial charge in [-0.15, -0.1) is 0 Å². The number of carboxylic acids is 1. The monoisotopic (exact) mass is 278 g/mol. The number of hydrogen-bond donors (Lipinski definition) is 1. The van der Waals surface area contributed by atoms with Crippen LogP contribution in [0.4, 0.5) is 5.82 Å². The van der Waals surface area contributed by atoms with Crippen molar-refractivity contribution in [3.63, 3.8) is 0 Å². The molecule has 6 heteroatoms. The van der Waals surface area contributed by atoms with Crippen LogP contribution in [0.3, 0.4) is 0 Å². The summed E-state index contributed by atoms with van der Waals surface area (Å²) < 4.78 is 11.4. The number of nitrogens with zero attached hydrogens (tertiary/aromatic N) is 2. The molecule has 2 aliphatic rings. The maximum absolute atomic E-state index is 11.1. The average molecular weight is 278 g/mol. The van der Waals surface area contributed by atoms with Gasteiger partial charge in [0.1, 0.15) is 5.82 Å². The zero-order valence-corrected chi connectivity index (χ0v) is 11.5. The van der Waals surface area contributed by atoms with Crippen molar-refractivity contribution in [2.45, 2.75) is 25.6 Å². The maximum Gasteiger partial charge on any atom is 0.335 e. The molecule has 0 amide bonds. The van der Waals surface area contributed by atoms with Crippen molar-refractivity contribution < 1.29 is 19.4 Å². The van der Waals surface area contributed by atoms with Crippen LogP contribution in [0.2, 0.25) is 0 Å². The van der Waals surface area contributed by atoms with E-state index in [9.17, 15) is 4.79 Å². The molecule has 2 fully saturated rings. The van der Waals surface area contributed by atoms with E-state index in [0.29, 0.717) is 18.9 Å². The molecule has 108 valence electrons. The van der Waals surface area contributed by atoms with Gasteiger partial charge in [-0.1, -0.05) is 0 Å². The molecule has 0 aromatic carbocycles. The highest BCUT2D eigenvalue weighted by atomic mass is 16.7. The summed E-state index contributed by atoms with van der Waals surface area (Å²) in [6.45, 7) is 4.65. The number of hydrogen-bond acceptors (Lipinski definition) is 5. The third kappa shape index (κ3) is 2.48. The van der Waals surface area contributed by atoms with Crippen molar-refractivity contribution in [2.24, 2.45) is 0 Å². The van der Waals surface area contributed by atoms with Gasteiger partial charge in [0.25, 0.3) is 0 Å². The smallest absolute Gasteiger partial charge is 0.335 e. The molecule has 1 spiro atoms. The molecule has 1 aromatic rings. The molecule has 6 nitrogen and oxygen atoms in total. The SMILES string of the molecule is Cc1cc(C(=O)O)cc(N2CCC3(CC2)OCCO3)n1. The third-order valence-corrected chi connectivity index (χ3v) is 3.85. The van der Waals surface area contributed by atoms with E-state index in [-0.39, 0.29) is 5.56 Å². The van der Waals surface area contributed by atoms with Crippen molar-refractivity contribution in [1.29, 1.82) is 0 Å². The van der Waals surface area contributed by atoms with Crippen LogP contribution in [0.25, 0.3) is 0 Å². The number of aromatic carboxylic acids is 1. The highest BCUT2D eigenvalue weighted by Gasteiger charge is 2.40. The molecule has 3 heterocycles. The van der Waals surface area contributed by atoms with E-state index < -0.39 is 11.8 Å². The summed E-state index contributed by atoms with van der Waals surface area (Å²) in [6.07, 6.45) is 1.57. The summed E-state index contributed by atoms with van der Waals surface area (Å²) in [4.78, 5) is 17.6. The molecule has 2 saturated heterocycles. The first-order valence-electron chi connectivity index (χ1n) is 6.83. The van der Waals surface area contributed by atoms with Gasteiger partial charge in [0.2, 0.25) is 0 Å². The Morgan fingerprint density at radius 3 is 2.55 bits per heavy atom. The summed E-state index contributed by atoms with van der Waals surface area (Å²) in [5, 5.41) is 9.11. The van der Waals surface area contributed by atoms with E-state index in [1.807, 2.05) is 6.92 Å². The zero-order valence-electron chi connectivity index (χ0n) is 11.5. The largest absolute Gasteiger partial charge is 0.478 e. The lowest BCUT2D eigenvalue weighted by Gasteiger charge is -2.38. The number of anilines is 1. The van der Waals surface area contributed by atoms with E-state index in [1.54, 1.807) is 12.1 Å². The molecule has 0 radical (unpaired) electrons. The van der Waals surface area contributed by atoms with Crippen LogP contribution >= 0.6 is 0 Å². The molecular weight excluding hydrogens is 260 g/mol. The minimum absolute atomic E-state index is 0.279. The van der Waals surface area contributed by atoms with Crippen LogP contribution in [0.15, 0.2) is 12.1 Å². The van der Waals surface area contributed by atoms with Crippen LogP contribution in [-0.4, -0.2) is 48.2 Å². The first kappa shape index (κ1) is 13.3. The quantitative estimate of drug-likeness (QED) is 0.882. The van der Waals surface area contributed by atoms with Gasteiger partial charge in [-0.3, -0.25) is 0 Å². The average Bonchev–Trinajstić information content (AvgIpc) is 2.87. The van der Waals surface area contributed by atoms with Crippen LogP contribution in [0.5, 0.6) is 0 Å². The first-order chi connectivity index (χ1) is 9.58. The fourth-order valence-corrected chi connectivity index (χ4v) is 2.80. The van der Waals surface area contributed by atoms with Gasteiger partial charge in [-0.05, 0) is 19.1 Å². The van der Waals surface area contributed by atoms with Gasteiger partial charge in [-0.25, -0.2) is 9.78 Å². The predicted molar refractivity (Wildman–Crippen MR) is 72.0 cm³/mol. The van der Waals surface area contributed by atoms with E-state index in [1.165, 1.54) is 0 Å². The highest BCUT2D eigenvalue weighted by molar-refractivity contribution is 5.88. The van der Waals surface area contributed by atoms with Gasteiger partial charge in [-0.2, -0.15) is 0 Å². The first-order valence-corrected chi connectivity index (χ1v) is 6.83. The van der Waals surface area contributed by atoms with Crippen molar-refractivity contribution in [1.82, 2.24) is 4.98 Å². The second-order valence-electron chi connectivity index (χ2n) is 5.26. The number of carbonyl (C=O) groups is 1. The molecule has 20 heavy (non-hydrogen) atoms. The van der Waals surface area contributed by atoms with Crippen LogP contribution in [0.1, 0.15) is 28.9 Å². The van der Waals surface area contributed by atoms with E-state index in [4.69, 9.17) is 14.6 Å².